The van der Waals surface area contributed by atoms with Crippen molar-refractivity contribution >= 4 is 17.3 Å². The van der Waals surface area contributed by atoms with E-state index in [1.54, 1.807) is 11.3 Å². The maximum atomic E-state index is 13.3. The molecule has 3 unspecified atom stereocenters. The topological polar surface area (TPSA) is 29.5 Å². The molecule has 1 saturated carbocycles. The number of ether oxygens (including phenoxy) is 1. The minimum atomic E-state index is -0.474. The molecule has 0 N–H and O–H groups in total. The summed E-state index contributed by atoms with van der Waals surface area (Å²) in [6.07, 6.45) is 5.78. The van der Waals surface area contributed by atoms with Crippen LogP contribution in [0.25, 0.3) is 0 Å². The lowest BCUT2D eigenvalue weighted by Gasteiger charge is -2.38. The Morgan fingerprint density at radius 1 is 1.29 bits per heavy atom. The maximum absolute atomic E-state index is 13.3. The fourth-order valence-corrected chi connectivity index (χ4v) is 5.53. The van der Waals surface area contributed by atoms with Crippen molar-refractivity contribution in [2.45, 2.75) is 64.4 Å². The van der Waals surface area contributed by atoms with Gasteiger partial charge >= 0.3 is 5.97 Å². The average Bonchev–Trinajstić information content (AvgIpc) is 3.21. The van der Waals surface area contributed by atoms with Crippen LogP contribution in [-0.4, -0.2) is 37.1 Å². The van der Waals surface area contributed by atoms with Crippen molar-refractivity contribution in [1.82, 2.24) is 4.90 Å². The lowest BCUT2D eigenvalue weighted by atomic mass is 9.74. The second kappa shape index (κ2) is 7.17. The van der Waals surface area contributed by atoms with E-state index in [0.29, 0.717) is 11.8 Å². The molecule has 1 aromatic heterocycles. The molecule has 1 aliphatic carbocycles. The molecular formula is C20H31NO2S. The van der Waals surface area contributed by atoms with Gasteiger partial charge in [0.1, 0.15) is 11.5 Å². The van der Waals surface area contributed by atoms with Crippen LogP contribution >= 0.6 is 11.3 Å². The zero-order chi connectivity index (χ0) is 17.3. The van der Waals surface area contributed by atoms with Crippen molar-refractivity contribution < 1.29 is 9.53 Å². The summed E-state index contributed by atoms with van der Waals surface area (Å²) in [5, 5.41) is 0. The molecule has 0 amide bonds. The number of aryl methyl sites for hydroxylation is 1. The quantitative estimate of drug-likeness (QED) is 0.755. The number of hydrogen-bond donors (Lipinski definition) is 0. The van der Waals surface area contributed by atoms with Crippen LogP contribution < -0.4 is 0 Å². The monoisotopic (exact) mass is 349 g/mol. The Balaban J connectivity index is 1.81. The third kappa shape index (κ3) is 3.41. The predicted octanol–water partition coefficient (Wildman–Crippen LogP) is 4.39. The van der Waals surface area contributed by atoms with Crippen LogP contribution in [-0.2, 0) is 14.9 Å². The van der Waals surface area contributed by atoms with Crippen molar-refractivity contribution in [3.8, 4) is 0 Å². The summed E-state index contributed by atoms with van der Waals surface area (Å²) in [6.45, 7) is 8.48. The van der Waals surface area contributed by atoms with Gasteiger partial charge < -0.3 is 9.64 Å². The molecule has 134 valence electrons. The predicted molar refractivity (Wildman–Crippen MR) is 99.5 cm³/mol. The van der Waals surface area contributed by atoms with E-state index >= 15 is 0 Å². The summed E-state index contributed by atoms with van der Waals surface area (Å²) in [4.78, 5) is 18.1. The maximum Gasteiger partial charge on any atom is 0.317 e. The zero-order valence-electron chi connectivity index (χ0n) is 15.5. The van der Waals surface area contributed by atoms with Crippen LogP contribution in [0.15, 0.2) is 12.1 Å². The Hall–Kier alpha value is -0.870. The van der Waals surface area contributed by atoms with Crippen LogP contribution in [0.1, 0.15) is 55.7 Å². The normalized spacial score (nSPS) is 28.7. The van der Waals surface area contributed by atoms with E-state index in [9.17, 15) is 4.79 Å². The molecule has 0 spiro atoms. The van der Waals surface area contributed by atoms with Gasteiger partial charge in [-0.15, -0.1) is 11.3 Å². The molecule has 0 aromatic carbocycles. The first-order valence-electron chi connectivity index (χ1n) is 9.37. The summed E-state index contributed by atoms with van der Waals surface area (Å²) in [6, 6.07) is 4.29. The van der Waals surface area contributed by atoms with Crippen LogP contribution in [0.2, 0.25) is 0 Å². The zero-order valence-corrected chi connectivity index (χ0v) is 16.3. The molecule has 2 heterocycles. The van der Waals surface area contributed by atoms with Crippen molar-refractivity contribution in [2.24, 2.45) is 11.8 Å². The third-order valence-electron chi connectivity index (χ3n) is 6.14. The average molecular weight is 350 g/mol. The fraction of sp³-hybridized carbons (Fsp3) is 0.750. The molecule has 1 aromatic rings. The van der Waals surface area contributed by atoms with E-state index in [-0.39, 0.29) is 12.1 Å². The van der Waals surface area contributed by atoms with Crippen molar-refractivity contribution in [2.75, 3.05) is 20.1 Å². The minimum Gasteiger partial charge on any atom is -0.461 e. The molecule has 24 heavy (non-hydrogen) atoms. The van der Waals surface area contributed by atoms with Crippen molar-refractivity contribution in [1.29, 1.82) is 0 Å². The Bertz CT molecular complexity index is 578. The van der Waals surface area contributed by atoms with E-state index in [4.69, 9.17) is 4.74 Å². The third-order valence-corrected chi connectivity index (χ3v) is 7.37. The van der Waals surface area contributed by atoms with Crippen molar-refractivity contribution in [3.05, 3.63) is 21.9 Å². The van der Waals surface area contributed by atoms with Gasteiger partial charge in [0, 0.05) is 28.8 Å². The van der Waals surface area contributed by atoms with Gasteiger partial charge in [-0.1, -0.05) is 19.8 Å². The highest BCUT2D eigenvalue weighted by atomic mass is 32.1. The summed E-state index contributed by atoms with van der Waals surface area (Å²) in [5.74, 6) is 0.841. The number of rotatable bonds is 4. The number of nitrogens with zero attached hydrogens (tertiary/aromatic N) is 1. The van der Waals surface area contributed by atoms with E-state index in [1.807, 2.05) is 0 Å². The highest BCUT2D eigenvalue weighted by molar-refractivity contribution is 7.12. The van der Waals surface area contributed by atoms with Crippen LogP contribution in [0.5, 0.6) is 0 Å². The Kier molecular flexibility index (Phi) is 5.36. The Morgan fingerprint density at radius 2 is 2.00 bits per heavy atom. The lowest BCUT2D eigenvalue weighted by molar-refractivity contribution is -0.163. The number of piperidine rings is 1. The smallest absolute Gasteiger partial charge is 0.317 e. The van der Waals surface area contributed by atoms with Gasteiger partial charge in [-0.3, -0.25) is 4.79 Å². The Labute approximate surface area is 150 Å². The molecule has 3 nitrogen and oxygen atoms in total. The summed E-state index contributed by atoms with van der Waals surface area (Å²) in [7, 11) is 2.14. The number of esters is 1. The van der Waals surface area contributed by atoms with Gasteiger partial charge in [-0.2, -0.15) is 0 Å². The van der Waals surface area contributed by atoms with Crippen LogP contribution in [0.3, 0.4) is 0 Å². The molecule has 1 saturated heterocycles. The molecule has 2 aliphatic rings. The fourth-order valence-electron chi connectivity index (χ4n) is 4.45. The van der Waals surface area contributed by atoms with Gasteiger partial charge in [-0.05, 0) is 58.2 Å². The molecule has 4 heteroatoms. The first kappa shape index (κ1) is 17.9. The molecule has 3 atom stereocenters. The van der Waals surface area contributed by atoms with Gasteiger partial charge in [0.05, 0.1) is 0 Å². The molecule has 3 rings (SSSR count). The van der Waals surface area contributed by atoms with E-state index in [1.165, 1.54) is 22.6 Å². The second-order valence-electron chi connectivity index (χ2n) is 8.07. The number of carbonyl (C=O) groups is 1. The van der Waals surface area contributed by atoms with Crippen molar-refractivity contribution in [3.63, 3.8) is 0 Å². The SMILES string of the molecule is Cc1ccc(C(C)(C(=O)OC2CCN(C)CC2C)C2CCCC2)s1. The molecule has 0 radical (unpaired) electrons. The second-order valence-corrected chi connectivity index (χ2v) is 9.35. The van der Waals surface area contributed by atoms with Crippen LogP contribution in [0.4, 0.5) is 0 Å². The highest BCUT2D eigenvalue weighted by Gasteiger charge is 2.47. The lowest BCUT2D eigenvalue weighted by Crippen LogP contribution is -2.46. The standard InChI is InChI=1S/C20H31NO2S/c1-14-13-21(4)12-11-17(14)23-19(22)20(3,16-7-5-6-8-16)18-10-9-15(2)24-18/h9-10,14,16-17H,5-8,11-13H2,1-4H3. The van der Waals surface area contributed by atoms with Gasteiger partial charge in [0.2, 0.25) is 0 Å². The minimum absolute atomic E-state index is 0.0117. The summed E-state index contributed by atoms with van der Waals surface area (Å²) < 4.78 is 6.13. The largest absolute Gasteiger partial charge is 0.461 e. The number of carbonyl (C=O) groups excluding carboxylic acids is 1. The molecular weight excluding hydrogens is 318 g/mol. The molecule has 2 fully saturated rings. The van der Waals surface area contributed by atoms with E-state index < -0.39 is 5.41 Å². The van der Waals surface area contributed by atoms with E-state index in [2.05, 4.69) is 44.9 Å². The summed E-state index contributed by atoms with van der Waals surface area (Å²) >= 11 is 1.76. The first-order chi connectivity index (χ1) is 11.4. The van der Waals surface area contributed by atoms with E-state index in [0.717, 1.165) is 32.4 Å². The number of hydrogen-bond acceptors (Lipinski definition) is 4. The number of thiophene rings is 1. The Morgan fingerprint density at radius 3 is 2.58 bits per heavy atom. The molecule has 0 bridgehead atoms. The van der Waals surface area contributed by atoms with Crippen LogP contribution in [0, 0.1) is 18.8 Å². The van der Waals surface area contributed by atoms with Gasteiger partial charge in [0.15, 0.2) is 0 Å². The van der Waals surface area contributed by atoms with Gasteiger partial charge in [-0.25, -0.2) is 0 Å². The first-order valence-corrected chi connectivity index (χ1v) is 10.2. The van der Waals surface area contributed by atoms with Gasteiger partial charge in [0.25, 0.3) is 0 Å². The summed E-state index contributed by atoms with van der Waals surface area (Å²) in [5.41, 5.74) is -0.474. The number of likely N-dealkylation sites (tertiary alicyclic amines) is 1. The highest BCUT2D eigenvalue weighted by Crippen LogP contribution is 2.45. The molecule has 1 aliphatic heterocycles.